The molecular formula is C9H11NO5. The van der Waals surface area contributed by atoms with Crippen molar-refractivity contribution in [2.45, 2.75) is 6.92 Å². The smallest absolute Gasteiger partial charge is 0.314 e. The van der Waals surface area contributed by atoms with Gasteiger partial charge in [0.05, 0.1) is 24.7 Å². The second-order valence-electron chi connectivity index (χ2n) is 2.68. The van der Waals surface area contributed by atoms with Crippen LogP contribution in [0.2, 0.25) is 0 Å². The minimum Gasteiger partial charge on any atom is -0.502 e. The van der Waals surface area contributed by atoms with E-state index in [0.717, 1.165) is 12.1 Å². The number of nitro groups is 1. The van der Waals surface area contributed by atoms with Crippen LogP contribution in [0.5, 0.6) is 17.2 Å². The Balaban J connectivity index is 3.23. The van der Waals surface area contributed by atoms with Crippen LogP contribution in [0.25, 0.3) is 0 Å². The Bertz CT molecular complexity index is 377. The second kappa shape index (κ2) is 4.50. The number of phenols is 1. The van der Waals surface area contributed by atoms with Crippen molar-refractivity contribution in [1.82, 2.24) is 0 Å². The number of nitrogens with zero attached hydrogens (tertiary/aromatic N) is 1. The van der Waals surface area contributed by atoms with Crippen LogP contribution >= 0.6 is 0 Å². The fraction of sp³-hybridized carbons (Fsp3) is 0.333. The fourth-order valence-electron chi connectivity index (χ4n) is 1.11. The highest BCUT2D eigenvalue weighted by atomic mass is 16.6. The van der Waals surface area contributed by atoms with Crippen molar-refractivity contribution in [1.29, 1.82) is 0 Å². The maximum absolute atomic E-state index is 10.5. The number of benzene rings is 1. The maximum Gasteiger partial charge on any atom is 0.314 e. The molecule has 0 saturated heterocycles. The summed E-state index contributed by atoms with van der Waals surface area (Å²) in [5, 5.41) is 19.8. The van der Waals surface area contributed by atoms with E-state index in [0.29, 0.717) is 6.61 Å². The van der Waals surface area contributed by atoms with Gasteiger partial charge < -0.3 is 14.6 Å². The van der Waals surface area contributed by atoms with Gasteiger partial charge in [0.1, 0.15) is 0 Å². The molecule has 82 valence electrons. The van der Waals surface area contributed by atoms with Crippen LogP contribution < -0.4 is 9.47 Å². The number of nitro benzene ring substituents is 1. The largest absolute Gasteiger partial charge is 0.502 e. The SMILES string of the molecule is CCOc1cc([N+](=O)[O-])c(O)cc1OC. The van der Waals surface area contributed by atoms with Crippen molar-refractivity contribution < 1.29 is 19.5 Å². The third-order valence-electron chi connectivity index (χ3n) is 1.76. The summed E-state index contributed by atoms with van der Waals surface area (Å²) in [6.07, 6.45) is 0. The van der Waals surface area contributed by atoms with Crippen molar-refractivity contribution >= 4 is 5.69 Å². The van der Waals surface area contributed by atoms with E-state index in [1.165, 1.54) is 7.11 Å². The highest BCUT2D eigenvalue weighted by Gasteiger charge is 2.18. The predicted octanol–water partition coefficient (Wildman–Crippen LogP) is 1.71. The molecular weight excluding hydrogens is 202 g/mol. The van der Waals surface area contributed by atoms with Gasteiger partial charge in [-0.1, -0.05) is 0 Å². The molecule has 0 aliphatic carbocycles. The topological polar surface area (TPSA) is 81.8 Å². The summed E-state index contributed by atoms with van der Waals surface area (Å²) in [7, 11) is 1.39. The zero-order valence-corrected chi connectivity index (χ0v) is 8.39. The zero-order valence-electron chi connectivity index (χ0n) is 8.39. The first kappa shape index (κ1) is 11.1. The Hall–Kier alpha value is -1.98. The number of methoxy groups -OCH3 is 1. The third-order valence-corrected chi connectivity index (χ3v) is 1.76. The highest BCUT2D eigenvalue weighted by Crippen LogP contribution is 2.38. The fourth-order valence-corrected chi connectivity index (χ4v) is 1.11. The molecule has 0 aliphatic heterocycles. The Labute approximate surface area is 86.2 Å². The van der Waals surface area contributed by atoms with Crippen LogP contribution in [0.1, 0.15) is 6.92 Å². The van der Waals surface area contributed by atoms with Gasteiger partial charge in [0, 0.05) is 6.07 Å². The molecule has 6 heteroatoms. The van der Waals surface area contributed by atoms with E-state index in [1.807, 2.05) is 0 Å². The van der Waals surface area contributed by atoms with Crippen LogP contribution in [0, 0.1) is 10.1 Å². The van der Waals surface area contributed by atoms with Gasteiger partial charge in [-0.3, -0.25) is 10.1 Å². The van der Waals surface area contributed by atoms with Crippen LogP contribution in [-0.4, -0.2) is 23.7 Å². The molecule has 0 radical (unpaired) electrons. The first-order valence-electron chi connectivity index (χ1n) is 4.28. The van der Waals surface area contributed by atoms with Crippen LogP contribution in [0.15, 0.2) is 12.1 Å². The van der Waals surface area contributed by atoms with Crippen molar-refractivity contribution in [3.8, 4) is 17.2 Å². The lowest BCUT2D eigenvalue weighted by atomic mass is 10.2. The van der Waals surface area contributed by atoms with Crippen LogP contribution in [0.3, 0.4) is 0 Å². The molecule has 0 bridgehead atoms. The molecule has 15 heavy (non-hydrogen) atoms. The highest BCUT2D eigenvalue weighted by molar-refractivity contribution is 5.57. The third kappa shape index (κ3) is 2.28. The predicted molar refractivity (Wildman–Crippen MR) is 52.5 cm³/mol. The number of aromatic hydroxyl groups is 1. The molecule has 0 aromatic heterocycles. The monoisotopic (exact) mass is 213 g/mol. The molecule has 0 fully saturated rings. The molecule has 0 aliphatic rings. The summed E-state index contributed by atoms with van der Waals surface area (Å²) in [5.74, 6) is 0.0600. The van der Waals surface area contributed by atoms with Crippen LogP contribution in [0.4, 0.5) is 5.69 Å². The van der Waals surface area contributed by atoms with Gasteiger partial charge in [-0.05, 0) is 6.92 Å². The van der Waals surface area contributed by atoms with Gasteiger partial charge in [0.25, 0.3) is 0 Å². The number of ether oxygens (including phenoxy) is 2. The summed E-state index contributed by atoms with van der Waals surface area (Å²) in [5.41, 5.74) is -0.403. The lowest BCUT2D eigenvalue weighted by Crippen LogP contribution is -1.97. The average Bonchev–Trinajstić information content (AvgIpc) is 2.20. The zero-order chi connectivity index (χ0) is 11.4. The normalized spacial score (nSPS) is 9.73. The van der Waals surface area contributed by atoms with Gasteiger partial charge in [0.2, 0.25) is 0 Å². The van der Waals surface area contributed by atoms with Gasteiger partial charge in [-0.2, -0.15) is 0 Å². The van der Waals surface area contributed by atoms with E-state index >= 15 is 0 Å². The molecule has 1 rings (SSSR count). The lowest BCUT2D eigenvalue weighted by Gasteiger charge is -2.09. The molecule has 0 saturated carbocycles. The summed E-state index contributed by atoms with van der Waals surface area (Å²) >= 11 is 0. The number of rotatable bonds is 4. The van der Waals surface area contributed by atoms with E-state index in [2.05, 4.69) is 0 Å². The summed E-state index contributed by atoms with van der Waals surface area (Å²) in [6, 6.07) is 2.29. The van der Waals surface area contributed by atoms with Gasteiger partial charge in [-0.15, -0.1) is 0 Å². The van der Waals surface area contributed by atoms with Crippen LogP contribution in [-0.2, 0) is 0 Å². The first-order valence-corrected chi connectivity index (χ1v) is 4.28. The Morgan fingerprint density at radius 1 is 1.47 bits per heavy atom. The molecule has 0 atom stereocenters. The Morgan fingerprint density at radius 2 is 2.13 bits per heavy atom. The van der Waals surface area contributed by atoms with Gasteiger partial charge in [-0.25, -0.2) is 0 Å². The van der Waals surface area contributed by atoms with Gasteiger partial charge in [0.15, 0.2) is 17.2 Å². The quantitative estimate of drug-likeness (QED) is 0.608. The Morgan fingerprint density at radius 3 is 2.60 bits per heavy atom. The summed E-state index contributed by atoms with van der Waals surface area (Å²) in [6.45, 7) is 2.11. The standard InChI is InChI=1S/C9H11NO5/c1-3-15-9-4-6(10(12)13)7(11)5-8(9)14-2/h4-5,11H,3H2,1-2H3. The van der Waals surface area contributed by atoms with E-state index in [9.17, 15) is 15.2 Å². The minimum atomic E-state index is -0.683. The number of hydrogen-bond acceptors (Lipinski definition) is 5. The van der Waals surface area contributed by atoms with Crippen molar-refractivity contribution in [2.24, 2.45) is 0 Å². The average molecular weight is 213 g/mol. The molecule has 1 aromatic carbocycles. The summed E-state index contributed by atoms with van der Waals surface area (Å²) < 4.78 is 10.0. The van der Waals surface area contributed by atoms with Crippen molar-refractivity contribution in [3.63, 3.8) is 0 Å². The molecule has 1 aromatic rings. The molecule has 1 N–H and O–H groups in total. The molecule has 6 nitrogen and oxygen atoms in total. The van der Waals surface area contributed by atoms with E-state index in [1.54, 1.807) is 6.92 Å². The Kier molecular flexibility index (Phi) is 3.33. The van der Waals surface area contributed by atoms with E-state index in [-0.39, 0.29) is 11.5 Å². The molecule has 0 unspecified atom stereocenters. The second-order valence-corrected chi connectivity index (χ2v) is 2.68. The van der Waals surface area contributed by atoms with E-state index in [4.69, 9.17) is 9.47 Å². The number of phenolic OH excluding ortho intramolecular Hbond substituents is 1. The number of hydrogen-bond donors (Lipinski definition) is 1. The summed E-state index contributed by atoms with van der Waals surface area (Å²) in [4.78, 5) is 9.84. The minimum absolute atomic E-state index is 0.240. The van der Waals surface area contributed by atoms with Crippen molar-refractivity contribution in [3.05, 3.63) is 22.2 Å². The molecule has 0 heterocycles. The first-order chi connectivity index (χ1) is 7.10. The lowest BCUT2D eigenvalue weighted by molar-refractivity contribution is -0.386. The van der Waals surface area contributed by atoms with Crippen molar-refractivity contribution in [2.75, 3.05) is 13.7 Å². The van der Waals surface area contributed by atoms with E-state index < -0.39 is 16.4 Å². The molecule has 0 spiro atoms. The maximum atomic E-state index is 10.5. The molecule has 0 amide bonds. The van der Waals surface area contributed by atoms with Gasteiger partial charge >= 0.3 is 5.69 Å².